The molecule has 158 valence electrons. The normalized spacial score (nSPS) is 14.5. The second-order valence-corrected chi connectivity index (χ2v) is 8.96. The summed E-state index contributed by atoms with van der Waals surface area (Å²) in [6.07, 6.45) is 1.01. The highest BCUT2D eigenvalue weighted by Gasteiger charge is 2.23. The lowest BCUT2D eigenvalue weighted by molar-refractivity contribution is -0.123. The van der Waals surface area contributed by atoms with Crippen molar-refractivity contribution in [1.82, 2.24) is 14.5 Å². The van der Waals surface area contributed by atoms with Crippen molar-refractivity contribution in [3.63, 3.8) is 0 Å². The van der Waals surface area contributed by atoms with Crippen LogP contribution in [0.25, 0.3) is 11.0 Å². The number of nitrogens with one attached hydrogen (secondary N) is 1. The van der Waals surface area contributed by atoms with Gasteiger partial charge in [-0.15, -0.1) is 0 Å². The predicted octanol–water partition coefficient (Wildman–Crippen LogP) is 4.09. The number of fused-ring (bicyclic) bond motifs is 3. The van der Waals surface area contributed by atoms with Crippen molar-refractivity contribution >= 4 is 22.6 Å². The molecule has 2 aromatic carbocycles. The number of nitrogens with zero attached hydrogens (tertiary/aromatic N) is 3. The summed E-state index contributed by atoms with van der Waals surface area (Å²) in [6.45, 7) is 9.53. The Labute approximate surface area is 177 Å². The third kappa shape index (κ3) is 4.33. The molecule has 1 amide bonds. The van der Waals surface area contributed by atoms with E-state index in [4.69, 9.17) is 9.72 Å². The molecule has 6 heteroatoms. The summed E-state index contributed by atoms with van der Waals surface area (Å²) >= 11 is 0. The van der Waals surface area contributed by atoms with Crippen molar-refractivity contribution in [2.24, 2.45) is 5.41 Å². The molecule has 6 nitrogen and oxygen atoms in total. The molecule has 2 heterocycles. The van der Waals surface area contributed by atoms with Gasteiger partial charge in [-0.1, -0.05) is 32.9 Å². The summed E-state index contributed by atoms with van der Waals surface area (Å²) < 4.78 is 7.53. The SMILES string of the molecule is COc1ccc(CCN2CCn3c(nc4cc(NC(=O)C(C)(C)C)ccc43)C2)cc1. The first-order chi connectivity index (χ1) is 14.3. The van der Waals surface area contributed by atoms with Crippen LogP contribution in [0.4, 0.5) is 5.69 Å². The fourth-order valence-electron chi connectivity index (χ4n) is 3.74. The van der Waals surface area contributed by atoms with Crippen LogP contribution < -0.4 is 10.1 Å². The van der Waals surface area contributed by atoms with Crippen LogP contribution in [0.15, 0.2) is 42.5 Å². The molecule has 4 rings (SSSR count). The van der Waals surface area contributed by atoms with E-state index in [0.29, 0.717) is 0 Å². The number of aromatic nitrogens is 2. The van der Waals surface area contributed by atoms with E-state index < -0.39 is 5.41 Å². The Morgan fingerprint density at radius 1 is 1.13 bits per heavy atom. The molecule has 0 spiro atoms. The van der Waals surface area contributed by atoms with E-state index in [2.05, 4.69) is 33.0 Å². The molecule has 1 aliphatic rings. The summed E-state index contributed by atoms with van der Waals surface area (Å²) in [6, 6.07) is 14.3. The van der Waals surface area contributed by atoms with Gasteiger partial charge in [-0.25, -0.2) is 4.98 Å². The highest BCUT2D eigenvalue weighted by atomic mass is 16.5. The Morgan fingerprint density at radius 3 is 2.60 bits per heavy atom. The summed E-state index contributed by atoms with van der Waals surface area (Å²) in [7, 11) is 1.69. The van der Waals surface area contributed by atoms with Gasteiger partial charge in [0.15, 0.2) is 0 Å². The number of carbonyl (C=O) groups excluding carboxylic acids is 1. The number of benzene rings is 2. The maximum atomic E-state index is 12.3. The van der Waals surface area contributed by atoms with Crippen molar-refractivity contribution in [2.75, 3.05) is 25.5 Å². The van der Waals surface area contributed by atoms with Crippen LogP contribution >= 0.6 is 0 Å². The van der Waals surface area contributed by atoms with Crippen LogP contribution in [0.1, 0.15) is 32.2 Å². The Balaban J connectivity index is 1.44. The van der Waals surface area contributed by atoms with E-state index in [0.717, 1.165) is 60.9 Å². The van der Waals surface area contributed by atoms with Gasteiger partial charge in [0.1, 0.15) is 11.6 Å². The van der Waals surface area contributed by atoms with Gasteiger partial charge in [0.25, 0.3) is 0 Å². The molecule has 30 heavy (non-hydrogen) atoms. The van der Waals surface area contributed by atoms with E-state index in [-0.39, 0.29) is 5.91 Å². The van der Waals surface area contributed by atoms with E-state index in [1.165, 1.54) is 5.56 Å². The number of carbonyl (C=O) groups is 1. The number of anilines is 1. The minimum atomic E-state index is -0.424. The Morgan fingerprint density at radius 2 is 1.90 bits per heavy atom. The Bertz CT molecular complexity index is 1050. The van der Waals surface area contributed by atoms with Gasteiger partial charge in [-0.2, -0.15) is 0 Å². The first kappa shape index (κ1) is 20.4. The zero-order valence-electron chi connectivity index (χ0n) is 18.2. The smallest absolute Gasteiger partial charge is 0.229 e. The first-order valence-corrected chi connectivity index (χ1v) is 10.5. The van der Waals surface area contributed by atoms with Gasteiger partial charge in [-0.3, -0.25) is 9.69 Å². The lowest BCUT2D eigenvalue weighted by Gasteiger charge is -2.27. The van der Waals surface area contributed by atoms with E-state index in [1.54, 1.807) is 7.11 Å². The lowest BCUT2D eigenvalue weighted by Crippen LogP contribution is -2.35. The Hall–Kier alpha value is -2.86. The van der Waals surface area contributed by atoms with Crippen LogP contribution in [0.3, 0.4) is 0 Å². The molecular weight excluding hydrogens is 376 g/mol. The molecule has 3 aromatic rings. The maximum Gasteiger partial charge on any atom is 0.229 e. The monoisotopic (exact) mass is 406 g/mol. The molecule has 0 fully saturated rings. The second-order valence-electron chi connectivity index (χ2n) is 8.96. The van der Waals surface area contributed by atoms with Gasteiger partial charge >= 0.3 is 0 Å². The second kappa shape index (κ2) is 8.11. The number of hydrogen-bond donors (Lipinski definition) is 1. The zero-order chi connectivity index (χ0) is 21.3. The summed E-state index contributed by atoms with van der Waals surface area (Å²) in [5, 5.41) is 3.00. The molecule has 0 saturated carbocycles. The van der Waals surface area contributed by atoms with Crippen molar-refractivity contribution in [1.29, 1.82) is 0 Å². The Kier molecular flexibility index (Phi) is 5.52. The third-order valence-electron chi connectivity index (χ3n) is 5.65. The average molecular weight is 407 g/mol. The molecular formula is C24H30N4O2. The standard InChI is InChI=1S/C24H30N4O2/c1-24(2,3)23(29)25-18-7-10-21-20(15-18)26-22-16-27(13-14-28(21)22)12-11-17-5-8-19(30-4)9-6-17/h5-10,15H,11-14,16H2,1-4H3,(H,25,29). The van der Waals surface area contributed by atoms with Gasteiger partial charge in [0.2, 0.25) is 5.91 Å². The van der Waals surface area contributed by atoms with Gasteiger partial charge in [-0.05, 0) is 42.3 Å². The molecule has 0 bridgehead atoms. The summed E-state index contributed by atoms with van der Waals surface area (Å²) in [5.74, 6) is 1.99. The fraction of sp³-hybridized carbons (Fsp3) is 0.417. The van der Waals surface area contributed by atoms with Crippen LogP contribution in [0.2, 0.25) is 0 Å². The fourth-order valence-corrected chi connectivity index (χ4v) is 3.74. The van der Waals surface area contributed by atoms with Crippen molar-refractivity contribution < 1.29 is 9.53 Å². The average Bonchev–Trinajstić information content (AvgIpc) is 3.08. The van der Waals surface area contributed by atoms with Crippen LogP contribution in [0.5, 0.6) is 5.75 Å². The molecule has 0 aliphatic carbocycles. The number of imidazole rings is 1. The van der Waals surface area contributed by atoms with Crippen LogP contribution in [-0.2, 0) is 24.3 Å². The van der Waals surface area contributed by atoms with E-state index >= 15 is 0 Å². The molecule has 0 atom stereocenters. The predicted molar refractivity (Wildman–Crippen MR) is 120 cm³/mol. The number of methoxy groups -OCH3 is 1. The van der Waals surface area contributed by atoms with E-state index in [1.807, 2.05) is 45.0 Å². The summed E-state index contributed by atoms with van der Waals surface area (Å²) in [4.78, 5) is 19.6. The quantitative estimate of drug-likeness (QED) is 0.693. The van der Waals surface area contributed by atoms with E-state index in [9.17, 15) is 4.79 Å². The molecule has 1 aromatic heterocycles. The minimum absolute atomic E-state index is 0.00975. The van der Waals surface area contributed by atoms with Gasteiger partial charge < -0.3 is 14.6 Å². The van der Waals surface area contributed by atoms with Crippen molar-refractivity contribution in [2.45, 2.75) is 40.3 Å². The van der Waals surface area contributed by atoms with Crippen LogP contribution in [-0.4, -0.2) is 40.6 Å². The highest BCUT2D eigenvalue weighted by molar-refractivity contribution is 5.96. The largest absolute Gasteiger partial charge is 0.497 e. The molecule has 1 aliphatic heterocycles. The number of ether oxygens (including phenoxy) is 1. The first-order valence-electron chi connectivity index (χ1n) is 10.5. The number of hydrogen-bond acceptors (Lipinski definition) is 4. The number of rotatable bonds is 5. The molecule has 0 radical (unpaired) electrons. The zero-order valence-corrected chi connectivity index (χ0v) is 18.2. The highest BCUT2D eigenvalue weighted by Crippen LogP contribution is 2.25. The van der Waals surface area contributed by atoms with Crippen LogP contribution in [0, 0.1) is 5.41 Å². The number of amides is 1. The van der Waals surface area contributed by atoms with Crippen molar-refractivity contribution in [3.05, 3.63) is 53.9 Å². The molecule has 0 saturated heterocycles. The minimum Gasteiger partial charge on any atom is -0.497 e. The van der Waals surface area contributed by atoms with Gasteiger partial charge in [0, 0.05) is 30.7 Å². The topological polar surface area (TPSA) is 59.4 Å². The summed E-state index contributed by atoms with van der Waals surface area (Å²) in [5.41, 5.74) is 3.76. The third-order valence-corrected chi connectivity index (χ3v) is 5.65. The maximum absolute atomic E-state index is 12.3. The lowest BCUT2D eigenvalue weighted by atomic mass is 9.95. The van der Waals surface area contributed by atoms with Gasteiger partial charge in [0.05, 0.1) is 24.7 Å². The molecule has 0 unspecified atom stereocenters. The van der Waals surface area contributed by atoms with Crippen molar-refractivity contribution in [3.8, 4) is 5.75 Å². The molecule has 1 N–H and O–H groups in total.